The van der Waals surface area contributed by atoms with Crippen molar-refractivity contribution in [3.63, 3.8) is 0 Å². The molecule has 0 aliphatic heterocycles. The fourth-order valence-electron chi connectivity index (χ4n) is 0.501. The second-order valence-electron chi connectivity index (χ2n) is 2.14. The van der Waals surface area contributed by atoms with Gasteiger partial charge in [0, 0.05) is 6.54 Å². The van der Waals surface area contributed by atoms with Crippen LogP contribution < -0.4 is 16.1 Å². The number of urea groups is 1. The largest absolute Gasteiger partial charge is 0.338 e. The molecule has 6 heteroatoms. The Hall–Kier alpha value is -1.30. The highest BCUT2D eigenvalue weighted by Gasteiger charge is 2.01. The van der Waals surface area contributed by atoms with Crippen molar-refractivity contribution < 1.29 is 14.8 Å². The van der Waals surface area contributed by atoms with Crippen LogP contribution in [0.4, 0.5) is 4.79 Å². The average molecular weight is 175 g/mol. The first-order chi connectivity index (χ1) is 5.70. The molecule has 4 N–H and O–H groups in total. The molecule has 0 atom stereocenters. The van der Waals surface area contributed by atoms with Crippen molar-refractivity contribution in [3.8, 4) is 0 Å². The molecular weight excluding hydrogens is 162 g/mol. The molecule has 0 aliphatic rings. The molecule has 0 fully saturated rings. The van der Waals surface area contributed by atoms with Crippen LogP contribution in [0.2, 0.25) is 0 Å². The zero-order valence-electron chi connectivity index (χ0n) is 6.89. The molecule has 0 aromatic heterocycles. The summed E-state index contributed by atoms with van der Waals surface area (Å²) >= 11 is 0. The van der Waals surface area contributed by atoms with Gasteiger partial charge in [0.2, 0.25) is 0 Å². The third-order valence-electron chi connectivity index (χ3n) is 1.07. The lowest BCUT2D eigenvalue weighted by atomic mass is 10.5. The van der Waals surface area contributed by atoms with E-state index in [2.05, 4.69) is 10.6 Å². The Labute approximate surface area is 70.3 Å². The number of rotatable bonds is 4. The zero-order chi connectivity index (χ0) is 9.40. The molecule has 0 aliphatic carbocycles. The standard InChI is InChI=1S/C6H13N3O3/c1-2-3-7-6(11)8-4-5(10)9-12/h12H,2-4H2,1H3,(H,9,10)(H2,7,8,11). The minimum Gasteiger partial charge on any atom is -0.338 e. The molecule has 0 saturated carbocycles. The predicted octanol–water partition coefficient (Wildman–Crippen LogP) is -0.799. The molecule has 0 heterocycles. The van der Waals surface area contributed by atoms with Crippen molar-refractivity contribution in [2.24, 2.45) is 0 Å². The minimum absolute atomic E-state index is 0.230. The van der Waals surface area contributed by atoms with Gasteiger partial charge in [-0.2, -0.15) is 0 Å². The van der Waals surface area contributed by atoms with E-state index in [9.17, 15) is 9.59 Å². The number of hydrogen-bond acceptors (Lipinski definition) is 3. The van der Waals surface area contributed by atoms with Crippen LogP contribution in [0.5, 0.6) is 0 Å². The SMILES string of the molecule is CCCNC(=O)NCC(=O)NO. The molecular formula is C6H13N3O3. The van der Waals surface area contributed by atoms with E-state index in [1.165, 1.54) is 5.48 Å². The fraction of sp³-hybridized carbons (Fsp3) is 0.667. The Kier molecular flexibility index (Phi) is 5.72. The van der Waals surface area contributed by atoms with Gasteiger partial charge in [0.05, 0.1) is 0 Å². The van der Waals surface area contributed by atoms with Crippen LogP contribution in [0, 0.1) is 0 Å². The Morgan fingerprint density at radius 1 is 1.33 bits per heavy atom. The monoisotopic (exact) mass is 175 g/mol. The summed E-state index contributed by atoms with van der Waals surface area (Å²) in [5.41, 5.74) is 1.39. The Morgan fingerprint density at radius 3 is 2.50 bits per heavy atom. The van der Waals surface area contributed by atoms with Crippen molar-refractivity contribution in [1.29, 1.82) is 0 Å². The third kappa shape index (κ3) is 5.48. The highest BCUT2D eigenvalue weighted by atomic mass is 16.5. The molecule has 0 aromatic carbocycles. The van der Waals surface area contributed by atoms with Crippen molar-refractivity contribution in [2.45, 2.75) is 13.3 Å². The van der Waals surface area contributed by atoms with Crippen LogP contribution in [-0.2, 0) is 4.79 Å². The van der Waals surface area contributed by atoms with Crippen molar-refractivity contribution in [2.75, 3.05) is 13.1 Å². The van der Waals surface area contributed by atoms with E-state index in [0.29, 0.717) is 6.54 Å². The van der Waals surface area contributed by atoms with Crippen LogP contribution in [0.15, 0.2) is 0 Å². The lowest BCUT2D eigenvalue weighted by Crippen LogP contribution is -2.41. The summed E-state index contributed by atoms with van der Waals surface area (Å²) in [4.78, 5) is 21.1. The Bertz CT molecular complexity index is 160. The molecule has 3 amide bonds. The molecule has 0 aromatic rings. The number of hydroxylamine groups is 1. The van der Waals surface area contributed by atoms with Crippen LogP contribution in [-0.4, -0.2) is 30.2 Å². The number of carbonyl (C=O) groups is 2. The smallest absolute Gasteiger partial charge is 0.315 e. The number of amides is 3. The van der Waals surface area contributed by atoms with Gasteiger partial charge >= 0.3 is 6.03 Å². The fourth-order valence-corrected chi connectivity index (χ4v) is 0.501. The molecule has 12 heavy (non-hydrogen) atoms. The number of hydrogen-bond donors (Lipinski definition) is 4. The maximum Gasteiger partial charge on any atom is 0.315 e. The molecule has 0 radical (unpaired) electrons. The van der Waals surface area contributed by atoms with Gasteiger partial charge in [0.25, 0.3) is 5.91 Å². The molecule has 0 bridgehead atoms. The molecule has 0 saturated heterocycles. The van der Waals surface area contributed by atoms with Gasteiger partial charge < -0.3 is 10.6 Å². The lowest BCUT2D eigenvalue weighted by Gasteiger charge is -2.04. The quantitative estimate of drug-likeness (QED) is 0.333. The minimum atomic E-state index is -0.651. The topological polar surface area (TPSA) is 90.5 Å². The average Bonchev–Trinajstić information content (AvgIpc) is 2.10. The van der Waals surface area contributed by atoms with E-state index in [1.807, 2.05) is 6.92 Å². The number of carbonyl (C=O) groups excluding carboxylic acids is 2. The van der Waals surface area contributed by atoms with Gasteiger partial charge in [0.15, 0.2) is 0 Å². The second kappa shape index (κ2) is 6.41. The van der Waals surface area contributed by atoms with Crippen LogP contribution in [0.25, 0.3) is 0 Å². The molecule has 0 spiro atoms. The van der Waals surface area contributed by atoms with Crippen LogP contribution in [0.3, 0.4) is 0 Å². The first-order valence-corrected chi connectivity index (χ1v) is 3.65. The van der Waals surface area contributed by atoms with E-state index in [1.54, 1.807) is 0 Å². The van der Waals surface area contributed by atoms with E-state index in [-0.39, 0.29) is 6.54 Å². The van der Waals surface area contributed by atoms with Crippen molar-refractivity contribution in [1.82, 2.24) is 16.1 Å². The van der Waals surface area contributed by atoms with Gasteiger partial charge in [-0.05, 0) is 6.42 Å². The first kappa shape index (κ1) is 10.7. The van der Waals surface area contributed by atoms with Crippen LogP contribution in [0.1, 0.15) is 13.3 Å². The summed E-state index contributed by atoms with van der Waals surface area (Å²) in [6, 6.07) is -0.416. The highest BCUT2D eigenvalue weighted by Crippen LogP contribution is 1.70. The first-order valence-electron chi connectivity index (χ1n) is 3.65. The zero-order valence-corrected chi connectivity index (χ0v) is 6.89. The molecule has 70 valence electrons. The van der Waals surface area contributed by atoms with Gasteiger partial charge in [-0.25, -0.2) is 10.3 Å². The predicted molar refractivity (Wildman–Crippen MR) is 41.6 cm³/mol. The Morgan fingerprint density at radius 2 is 2.00 bits per heavy atom. The highest BCUT2D eigenvalue weighted by molar-refractivity contribution is 5.83. The summed E-state index contributed by atoms with van der Waals surface area (Å²) < 4.78 is 0. The van der Waals surface area contributed by atoms with Gasteiger partial charge in [0.1, 0.15) is 6.54 Å². The van der Waals surface area contributed by atoms with Crippen molar-refractivity contribution in [3.05, 3.63) is 0 Å². The lowest BCUT2D eigenvalue weighted by molar-refractivity contribution is -0.128. The summed E-state index contributed by atoms with van der Waals surface area (Å²) in [5, 5.41) is 12.8. The maximum absolute atomic E-state index is 10.7. The summed E-state index contributed by atoms with van der Waals surface area (Å²) in [7, 11) is 0. The van der Waals surface area contributed by atoms with Gasteiger partial charge in [-0.15, -0.1) is 0 Å². The van der Waals surface area contributed by atoms with Crippen LogP contribution >= 0.6 is 0 Å². The summed E-state index contributed by atoms with van der Waals surface area (Å²) in [6.45, 7) is 2.25. The summed E-state index contributed by atoms with van der Waals surface area (Å²) in [5.74, 6) is -0.651. The van der Waals surface area contributed by atoms with Gasteiger partial charge in [-0.1, -0.05) is 6.92 Å². The normalized spacial score (nSPS) is 8.83. The van der Waals surface area contributed by atoms with Gasteiger partial charge in [-0.3, -0.25) is 10.0 Å². The Balaban J connectivity index is 3.37. The van der Waals surface area contributed by atoms with E-state index in [4.69, 9.17) is 5.21 Å². The molecule has 0 rings (SSSR count). The molecule has 6 nitrogen and oxygen atoms in total. The second-order valence-corrected chi connectivity index (χ2v) is 2.14. The van der Waals surface area contributed by atoms with E-state index < -0.39 is 11.9 Å². The third-order valence-corrected chi connectivity index (χ3v) is 1.07. The van der Waals surface area contributed by atoms with E-state index >= 15 is 0 Å². The van der Waals surface area contributed by atoms with Crippen molar-refractivity contribution >= 4 is 11.9 Å². The molecule has 0 unspecified atom stereocenters. The summed E-state index contributed by atoms with van der Waals surface area (Å²) in [6.07, 6.45) is 0.833. The van der Waals surface area contributed by atoms with E-state index in [0.717, 1.165) is 6.42 Å². The maximum atomic E-state index is 10.7. The number of nitrogens with one attached hydrogen (secondary N) is 3.